The minimum Gasteiger partial charge on any atom is -0.223 e. The minimum atomic E-state index is -4.81. The Balaban J connectivity index is 2.05. The topological polar surface area (TPSA) is 34.1 Å². The fourth-order valence-corrected chi connectivity index (χ4v) is 4.45. The zero-order valence-electron chi connectivity index (χ0n) is 14.5. The first-order valence-electron chi connectivity index (χ1n) is 8.11. The van der Waals surface area contributed by atoms with Crippen molar-refractivity contribution in [3.8, 4) is 11.1 Å². The molecule has 3 rings (SSSR count). The second-order valence-electron chi connectivity index (χ2n) is 6.22. The molecule has 0 saturated heterocycles. The monoisotopic (exact) mass is 446 g/mol. The van der Waals surface area contributed by atoms with Crippen LogP contribution in [0.15, 0.2) is 65.6 Å². The molecular weight excluding hydrogens is 435 g/mol. The molecule has 0 aliphatic rings. The van der Waals surface area contributed by atoms with Gasteiger partial charge in [0.1, 0.15) is 11.6 Å². The predicted octanol–water partition coefficient (Wildman–Crippen LogP) is 6.28. The summed E-state index contributed by atoms with van der Waals surface area (Å²) in [5, 5.41) is -0.428. The van der Waals surface area contributed by atoms with Gasteiger partial charge in [-0.2, -0.15) is 13.2 Å². The van der Waals surface area contributed by atoms with E-state index in [1.807, 2.05) is 0 Å². The van der Waals surface area contributed by atoms with E-state index in [0.29, 0.717) is 23.8 Å². The SMILES string of the molecule is O=S(=O)(Cc1cc(-c2ccccc2)c(F)cc1F)c1cc(Cl)cc(C(F)(F)F)c1. The summed E-state index contributed by atoms with van der Waals surface area (Å²) in [6.45, 7) is 0. The van der Waals surface area contributed by atoms with E-state index >= 15 is 0 Å². The molecule has 0 saturated carbocycles. The number of hydrogen-bond acceptors (Lipinski definition) is 2. The van der Waals surface area contributed by atoms with Gasteiger partial charge < -0.3 is 0 Å². The van der Waals surface area contributed by atoms with Crippen LogP contribution in [-0.4, -0.2) is 8.42 Å². The lowest BCUT2D eigenvalue weighted by atomic mass is 10.0. The molecule has 3 aromatic carbocycles. The lowest BCUT2D eigenvalue weighted by Crippen LogP contribution is -2.11. The van der Waals surface area contributed by atoms with Crippen molar-refractivity contribution < 1.29 is 30.4 Å². The molecule has 2 nitrogen and oxygen atoms in total. The van der Waals surface area contributed by atoms with Crippen molar-refractivity contribution in [2.45, 2.75) is 16.8 Å². The van der Waals surface area contributed by atoms with Crippen molar-refractivity contribution in [2.75, 3.05) is 0 Å². The molecule has 0 unspecified atom stereocenters. The molecule has 9 heteroatoms. The molecule has 0 heterocycles. The van der Waals surface area contributed by atoms with Gasteiger partial charge in [-0.25, -0.2) is 17.2 Å². The molecule has 0 atom stereocenters. The van der Waals surface area contributed by atoms with Crippen LogP contribution in [0.2, 0.25) is 5.02 Å². The van der Waals surface area contributed by atoms with Crippen molar-refractivity contribution in [3.63, 3.8) is 0 Å². The van der Waals surface area contributed by atoms with E-state index in [9.17, 15) is 30.4 Å². The van der Waals surface area contributed by atoms with E-state index in [4.69, 9.17) is 11.6 Å². The molecule has 0 aliphatic heterocycles. The summed E-state index contributed by atoms with van der Waals surface area (Å²) < 4.78 is 92.5. The van der Waals surface area contributed by atoms with E-state index in [1.54, 1.807) is 30.3 Å². The van der Waals surface area contributed by atoms with E-state index in [1.165, 1.54) is 0 Å². The Morgan fingerprint density at radius 2 is 1.52 bits per heavy atom. The van der Waals surface area contributed by atoms with Gasteiger partial charge in [0, 0.05) is 22.2 Å². The predicted molar refractivity (Wildman–Crippen MR) is 99.1 cm³/mol. The van der Waals surface area contributed by atoms with Crippen LogP contribution in [0, 0.1) is 11.6 Å². The van der Waals surface area contributed by atoms with Crippen LogP contribution in [0.1, 0.15) is 11.1 Å². The van der Waals surface area contributed by atoms with Crippen molar-refractivity contribution in [1.29, 1.82) is 0 Å². The number of sulfone groups is 1. The van der Waals surface area contributed by atoms with Crippen LogP contribution >= 0.6 is 11.6 Å². The molecule has 29 heavy (non-hydrogen) atoms. The van der Waals surface area contributed by atoms with E-state index < -0.39 is 48.9 Å². The highest BCUT2D eigenvalue weighted by Crippen LogP contribution is 2.34. The van der Waals surface area contributed by atoms with Gasteiger partial charge in [-0.05, 0) is 29.8 Å². The Labute approximate surface area is 168 Å². The first-order chi connectivity index (χ1) is 13.5. The summed E-state index contributed by atoms with van der Waals surface area (Å²) in [6.07, 6.45) is -4.81. The van der Waals surface area contributed by atoms with E-state index in [0.717, 1.165) is 12.1 Å². The van der Waals surface area contributed by atoms with Crippen LogP contribution in [0.4, 0.5) is 22.0 Å². The number of alkyl halides is 3. The smallest absolute Gasteiger partial charge is 0.223 e. The standard InChI is InChI=1S/C20H12ClF5O2S/c21-15-7-14(20(24,25)26)8-16(9-15)29(27,28)11-13-6-17(19(23)10-18(13)22)12-4-2-1-3-5-12/h1-10H,11H2. The fourth-order valence-electron chi connectivity index (χ4n) is 2.74. The molecule has 0 N–H and O–H groups in total. The molecule has 0 aliphatic carbocycles. The average molecular weight is 447 g/mol. The second-order valence-corrected chi connectivity index (χ2v) is 8.65. The Hall–Kier alpha value is -2.45. The Bertz CT molecular complexity index is 1160. The second kappa shape index (κ2) is 7.76. The lowest BCUT2D eigenvalue weighted by Gasteiger charge is -2.12. The first kappa shape index (κ1) is 21.3. The highest BCUT2D eigenvalue weighted by molar-refractivity contribution is 7.90. The molecule has 0 radical (unpaired) electrons. The minimum absolute atomic E-state index is 0.0284. The number of rotatable bonds is 4. The van der Waals surface area contributed by atoms with Crippen LogP contribution < -0.4 is 0 Å². The molecule has 0 aromatic heterocycles. The maximum atomic E-state index is 14.2. The molecule has 0 spiro atoms. The number of halogens is 6. The summed E-state index contributed by atoms with van der Waals surface area (Å²) in [4.78, 5) is -0.706. The van der Waals surface area contributed by atoms with Crippen LogP contribution in [0.25, 0.3) is 11.1 Å². The van der Waals surface area contributed by atoms with Gasteiger partial charge in [0.15, 0.2) is 9.84 Å². The van der Waals surface area contributed by atoms with Gasteiger partial charge in [-0.3, -0.25) is 0 Å². The van der Waals surface area contributed by atoms with Gasteiger partial charge in [0.05, 0.1) is 16.2 Å². The quantitative estimate of drug-likeness (QED) is 0.442. The number of benzene rings is 3. The lowest BCUT2D eigenvalue weighted by molar-refractivity contribution is -0.137. The van der Waals surface area contributed by atoms with Gasteiger partial charge in [-0.1, -0.05) is 41.9 Å². The summed E-state index contributed by atoms with van der Waals surface area (Å²) >= 11 is 5.63. The van der Waals surface area contributed by atoms with Crippen LogP contribution in [-0.2, 0) is 21.8 Å². The number of hydrogen-bond donors (Lipinski definition) is 0. The summed E-state index contributed by atoms with van der Waals surface area (Å²) in [7, 11) is -4.40. The van der Waals surface area contributed by atoms with Gasteiger partial charge >= 0.3 is 6.18 Å². The zero-order chi connectivity index (χ0) is 21.4. The average Bonchev–Trinajstić information content (AvgIpc) is 2.63. The molecular formula is C20H12ClF5O2S. The molecule has 0 bridgehead atoms. The Kier molecular flexibility index (Phi) is 5.69. The third-order valence-electron chi connectivity index (χ3n) is 4.12. The highest BCUT2D eigenvalue weighted by Gasteiger charge is 2.32. The van der Waals surface area contributed by atoms with Crippen molar-refractivity contribution in [2.24, 2.45) is 0 Å². The van der Waals surface area contributed by atoms with Crippen LogP contribution in [0.5, 0.6) is 0 Å². The normalized spacial score (nSPS) is 12.2. The maximum absolute atomic E-state index is 14.2. The molecule has 3 aromatic rings. The maximum Gasteiger partial charge on any atom is 0.416 e. The van der Waals surface area contributed by atoms with Crippen molar-refractivity contribution >= 4 is 21.4 Å². The van der Waals surface area contributed by atoms with Crippen molar-refractivity contribution in [1.82, 2.24) is 0 Å². The highest BCUT2D eigenvalue weighted by atomic mass is 35.5. The Morgan fingerprint density at radius 3 is 2.14 bits per heavy atom. The summed E-state index contributed by atoms with van der Waals surface area (Å²) in [5.41, 5.74) is -1.25. The first-order valence-corrected chi connectivity index (χ1v) is 10.1. The largest absolute Gasteiger partial charge is 0.416 e. The summed E-state index contributed by atoms with van der Waals surface area (Å²) in [6, 6.07) is 11.5. The summed E-state index contributed by atoms with van der Waals surface area (Å²) in [5.74, 6) is -2.97. The van der Waals surface area contributed by atoms with Gasteiger partial charge in [0.2, 0.25) is 0 Å². The fraction of sp³-hybridized carbons (Fsp3) is 0.100. The molecule has 152 valence electrons. The van der Waals surface area contributed by atoms with Crippen molar-refractivity contribution in [3.05, 3.63) is 88.4 Å². The molecule has 0 fully saturated rings. The van der Waals surface area contributed by atoms with Gasteiger partial charge in [0.25, 0.3) is 0 Å². The van der Waals surface area contributed by atoms with Gasteiger partial charge in [-0.15, -0.1) is 0 Å². The van der Waals surface area contributed by atoms with E-state index in [2.05, 4.69) is 0 Å². The third-order valence-corrected chi connectivity index (χ3v) is 5.99. The molecule has 0 amide bonds. The van der Waals surface area contributed by atoms with E-state index in [-0.39, 0.29) is 11.1 Å². The third kappa shape index (κ3) is 4.76. The Morgan fingerprint density at radius 1 is 0.862 bits per heavy atom. The van der Waals surface area contributed by atoms with Crippen LogP contribution in [0.3, 0.4) is 0 Å². The zero-order valence-corrected chi connectivity index (χ0v) is 16.0.